The smallest absolute Gasteiger partial charge is 0.171 e. The number of alkyl halides is 3. The van der Waals surface area contributed by atoms with Crippen LogP contribution in [0.5, 0.6) is 0 Å². The number of halogens is 3. The number of hydrogen-bond acceptors (Lipinski definition) is 0. The molecule has 0 nitrogen and oxygen atoms in total. The van der Waals surface area contributed by atoms with E-state index in [1.165, 1.54) is 13.8 Å². The maximum absolute atomic E-state index is 13.0. The molecule has 0 aliphatic carbocycles. The summed E-state index contributed by atoms with van der Waals surface area (Å²) in [6.45, 7) is 10.9. The zero-order valence-electron chi connectivity index (χ0n) is 13.3. The van der Waals surface area contributed by atoms with Gasteiger partial charge in [-0.15, -0.1) is 0 Å². The fourth-order valence-corrected chi connectivity index (χ4v) is 2.38. The average molecular weight is 286 g/mol. The third-order valence-electron chi connectivity index (χ3n) is 3.34. The third kappa shape index (κ3) is 4.84. The van der Waals surface area contributed by atoms with Gasteiger partial charge in [-0.3, -0.25) is 0 Å². The normalized spacial score (nSPS) is 13.7. The van der Waals surface area contributed by atoms with E-state index in [4.69, 9.17) is 0 Å². The van der Waals surface area contributed by atoms with E-state index in [1.54, 1.807) is 0 Å². The highest BCUT2D eigenvalue weighted by Gasteiger charge is 2.46. The van der Waals surface area contributed by atoms with Gasteiger partial charge < -0.3 is 0 Å². The average Bonchev–Trinajstić information content (AvgIpc) is 2.09. The zero-order valence-corrected chi connectivity index (χ0v) is 13.3. The van der Waals surface area contributed by atoms with E-state index >= 15 is 0 Å². The van der Waals surface area contributed by atoms with Crippen LogP contribution in [-0.2, 0) is 12.8 Å². The van der Waals surface area contributed by atoms with Gasteiger partial charge in [0.05, 0.1) is 5.41 Å². The fraction of sp³-hybridized carbons (Fsp3) is 0.647. The van der Waals surface area contributed by atoms with Gasteiger partial charge in [0, 0.05) is 0 Å². The predicted octanol–water partition coefficient (Wildman–Crippen LogP) is 5.71. The Kier molecular flexibility index (Phi) is 4.62. The maximum Gasteiger partial charge on any atom is 0.394 e. The van der Waals surface area contributed by atoms with Crippen LogP contribution in [0.25, 0.3) is 0 Å². The molecule has 1 rings (SSSR count). The van der Waals surface area contributed by atoms with E-state index in [0.717, 1.165) is 23.1 Å². The summed E-state index contributed by atoms with van der Waals surface area (Å²) in [5.74, 6) is 0. The summed E-state index contributed by atoms with van der Waals surface area (Å²) in [6, 6.07) is 5.85. The Morgan fingerprint density at radius 2 is 1.25 bits per heavy atom. The number of hydrogen-bond donors (Lipinski definition) is 0. The molecule has 0 spiro atoms. The second-order valence-electron chi connectivity index (χ2n) is 7.62. The zero-order chi connectivity index (χ0) is 15.8. The molecule has 0 saturated heterocycles. The van der Waals surface area contributed by atoms with Crippen LogP contribution in [-0.4, -0.2) is 6.18 Å². The molecule has 0 amide bonds. The molecule has 0 unspecified atom stereocenters. The van der Waals surface area contributed by atoms with E-state index in [9.17, 15) is 13.2 Å². The highest BCUT2D eigenvalue weighted by Crippen LogP contribution is 2.40. The number of benzene rings is 1. The predicted molar refractivity (Wildman–Crippen MR) is 77.9 cm³/mol. The Hall–Kier alpha value is -0.990. The van der Waals surface area contributed by atoms with Crippen molar-refractivity contribution in [3.8, 4) is 0 Å². The van der Waals surface area contributed by atoms with Gasteiger partial charge >= 0.3 is 6.18 Å². The van der Waals surface area contributed by atoms with Crippen LogP contribution in [0.15, 0.2) is 18.2 Å². The van der Waals surface area contributed by atoms with Crippen molar-refractivity contribution >= 4 is 0 Å². The van der Waals surface area contributed by atoms with Gasteiger partial charge in [0.2, 0.25) is 0 Å². The van der Waals surface area contributed by atoms with Crippen LogP contribution in [0.1, 0.15) is 51.3 Å². The second-order valence-corrected chi connectivity index (χ2v) is 7.62. The molecule has 0 aliphatic heterocycles. The van der Waals surface area contributed by atoms with Gasteiger partial charge in [-0.25, -0.2) is 0 Å². The molecule has 0 atom stereocenters. The second kappa shape index (κ2) is 5.42. The molecule has 20 heavy (non-hydrogen) atoms. The standard InChI is InChI=1S/C17H25F3/c1-12-7-13(10-15(2,3)4)9-14(8-12)11-16(5,6)17(18,19)20/h7-9H,10-11H2,1-6H3. The third-order valence-corrected chi connectivity index (χ3v) is 3.34. The minimum absolute atomic E-state index is 0.0231. The Balaban J connectivity index is 3.03. The van der Waals surface area contributed by atoms with Gasteiger partial charge in [-0.1, -0.05) is 58.4 Å². The van der Waals surface area contributed by atoms with E-state index < -0.39 is 11.6 Å². The Labute approximate surface area is 120 Å². The summed E-state index contributed by atoms with van der Waals surface area (Å²) >= 11 is 0. The van der Waals surface area contributed by atoms with Crippen molar-refractivity contribution in [3.05, 3.63) is 34.9 Å². The molecular weight excluding hydrogens is 261 g/mol. The lowest BCUT2D eigenvalue weighted by atomic mass is 9.82. The number of aryl methyl sites for hydroxylation is 1. The minimum atomic E-state index is -4.18. The molecule has 0 aliphatic rings. The maximum atomic E-state index is 13.0. The Morgan fingerprint density at radius 3 is 1.65 bits per heavy atom. The first-order valence-electron chi connectivity index (χ1n) is 6.96. The summed E-state index contributed by atoms with van der Waals surface area (Å²) in [5, 5.41) is 0. The van der Waals surface area contributed by atoms with Crippen molar-refractivity contribution in [2.45, 2.75) is 60.6 Å². The number of rotatable bonds is 3. The van der Waals surface area contributed by atoms with Crippen LogP contribution < -0.4 is 0 Å². The highest BCUT2D eigenvalue weighted by atomic mass is 19.4. The van der Waals surface area contributed by atoms with Crippen molar-refractivity contribution in [3.63, 3.8) is 0 Å². The summed E-state index contributed by atoms with van der Waals surface area (Å²) in [4.78, 5) is 0. The molecule has 1 aromatic rings. The molecule has 114 valence electrons. The van der Waals surface area contributed by atoms with Crippen molar-refractivity contribution < 1.29 is 13.2 Å². The van der Waals surface area contributed by atoms with Gasteiger partial charge in [0.15, 0.2) is 0 Å². The Morgan fingerprint density at radius 1 is 0.800 bits per heavy atom. The molecule has 3 heteroatoms. The first-order valence-corrected chi connectivity index (χ1v) is 6.96. The van der Waals surface area contributed by atoms with Crippen LogP contribution in [0.4, 0.5) is 13.2 Å². The van der Waals surface area contributed by atoms with Crippen LogP contribution in [0.2, 0.25) is 0 Å². The molecule has 0 heterocycles. The fourth-order valence-electron chi connectivity index (χ4n) is 2.38. The largest absolute Gasteiger partial charge is 0.394 e. The van der Waals surface area contributed by atoms with Crippen molar-refractivity contribution in [1.82, 2.24) is 0 Å². The molecule has 0 N–H and O–H groups in total. The summed E-state index contributed by atoms with van der Waals surface area (Å²) in [7, 11) is 0. The first-order chi connectivity index (χ1) is 8.80. The Bertz CT molecular complexity index is 462. The van der Waals surface area contributed by atoms with Crippen LogP contribution >= 0.6 is 0 Å². The molecule has 0 bridgehead atoms. The molecule has 0 aromatic heterocycles. The molecule has 1 aromatic carbocycles. The molecule has 0 saturated carbocycles. The van der Waals surface area contributed by atoms with E-state index in [-0.39, 0.29) is 11.8 Å². The van der Waals surface area contributed by atoms with Crippen LogP contribution in [0.3, 0.4) is 0 Å². The van der Waals surface area contributed by atoms with Crippen molar-refractivity contribution in [1.29, 1.82) is 0 Å². The van der Waals surface area contributed by atoms with Crippen LogP contribution in [0, 0.1) is 17.8 Å². The lowest BCUT2D eigenvalue weighted by Gasteiger charge is -2.28. The van der Waals surface area contributed by atoms with E-state index in [0.29, 0.717) is 0 Å². The van der Waals surface area contributed by atoms with Crippen molar-refractivity contribution in [2.75, 3.05) is 0 Å². The quantitative estimate of drug-likeness (QED) is 0.667. The first kappa shape index (κ1) is 17.1. The molecule has 0 radical (unpaired) electrons. The monoisotopic (exact) mass is 286 g/mol. The van der Waals surface area contributed by atoms with E-state index in [1.807, 2.05) is 19.1 Å². The topological polar surface area (TPSA) is 0 Å². The lowest BCUT2D eigenvalue weighted by Crippen LogP contribution is -2.34. The van der Waals surface area contributed by atoms with Gasteiger partial charge in [0.1, 0.15) is 0 Å². The SMILES string of the molecule is Cc1cc(CC(C)(C)C)cc(CC(C)(C)C(F)(F)F)c1. The lowest BCUT2D eigenvalue weighted by molar-refractivity contribution is -0.211. The summed E-state index contributed by atoms with van der Waals surface area (Å²) in [6.07, 6.45) is -3.29. The van der Waals surface area contributed by atoms with Crippen molar-refractivity contribution in [2.24, 2.45) is 10.8 Å². The molecule has 0 fully saturated rings. The molecular formula is C17H25F3. The highest BCUT2D eigenvalue weighted by molar-refractivity contribution is 5.31. The van der Waals surface area contributed by atoms with E-state index in [2.05, 4.69) is 26.8 Å². The van der Waals surface area contributed by atoms with Gasteiger partial charge in [-0.2, -0.15) is 13.2 Å². The summed E-state index contributed by atoms with van der Waals surface area (Å²) in [5.41, 5.74) is 1.35. The van der Waals surface area contributed by atoms with Gasteiger partial charge in [0.25, 0.3) is 0 Å². The minimum Gasteiger partial charge on any atom is -0.171 e. The van der Waals surface area contributed by atoms with Gasteiger partial charge in [-0.05, 0) is 36.3 Å². The summed E-state index contributed by atoms with van der Waals surface area (Å²) < 4.78 is 39.0.